The second kappa shape index (κ2) is 9.09. The van der Waals surface area contributed by atoms with Gasteiger partial charge < -0.3 is 9.13 Å². The van der Waals surface area contributed by atoms with Gasteiger partial charge in [-0.3, -0.25) is 4.40 Å². The second-order valence-corrected chi connectivity index (χ2v) is 12.4. The van der Waals surface area contributed by atoms with Gasteiger partial charge >= 0.3 is 0 Å². The molecular formula is C43H26N4. The van der Waals surface area contributed by atoms with E-state index in [9.17, 15) is 0 Å². The van der Waals surface area contributed by atoms with Crippen molar-refractivity contribution in [1.82, 2.24) is 18.5 Å². The van der Waals surface area contributed by atoms with Crippen LogP contribution in [0.1, 0.15) is 0 Å². The van der Waals surface area contributed by atoms with Crippen molar-refractivity contribution >= 4 is 82.0 Å². The molecule has 0 atom stereocenters. The summed E-state index contributed by atoms with van der Waals surface area (Å²) in [5.41, 5.74) is 11.3. The van der Waals surface area contributed by atoms with E-state index in [1.165, 1.54) is 59.9 Å². The van der Waals surface area contributed by atoms with Gasteiger partial charge in [-0.15, -0.1) is 0 Å². The number of aromatic nitrogens is 4. The molecule has 0 radical (unpaired) electrons. The molecular weight excluding hydrogens is 573 g/mol. The van der Waals surface area contributed by atoms with Crippen LogP contribution in [0.3, 0.4) is 0 Å². The van der Waals surface area contributed by atoms with Gasteiger partial charge in [0.15, 0.2) is 0 Å². The monoisotopic (exact) mass is 598 g/mol. The minimum Gasteiger partial charge on any atom is -0.309 e. The largest absolute Gasteiger partial charge is 0.309 e. The van der Waals surface area contributed by atoms with Crippen molar-refractivity contribution in [2.24, 2.45) is 0 Å². The first-order valence-electron chi connectivity index (χ1n) is 16.1. The predicted molar refractivity (Wildman–Crippen MR) is 196 cm³/mol. The molecule has 218 valence electrons. The zero-order chi connectivity index (χ0) is 30.6. The third-order valence-electron chi connectivity index (χ3n) is 9.97. The van der Waals surface area contributed by atoms with Crippen LogP contribution in [0.4, 0.5) is 0 Å². The molecule has 7 aromatic carbocycles. The van der Waals surface area contributed by atoms with E-state index in [0.29, 0.717) is 0 Å². The van der Waals surface area contributed by atoms with E-state index in [1.54, 1.807) is 0 Å². The molecule has 47 heavy (non-hydrogen) atoms. The molecule has 0 saturated heterocycles. The van der Waals surface area contributed by atoms with Crippen molar-refractivity contribution in [3.8, 4) is 11.4 Å². The fourth-order valence-corrected chi connectivity index (χ4v) is 8.13. The van der Waals surface area contributed by atoms with Crippen molar-refractivity contribution in [3.63, 3.8) is 0 Å². The molecule has 0 aliphatic carbocycles. The highest BCUT2D eigenvalue weighted by atomic mass is 15.0. The molecule has 0 spiro atoms. The quantitative estimate of drug-likeness (QED) is 0.182. The first kappa shape index (κ1) is 24.9. The summed E-state index contributed by atoms with van der Waals surface area (Å²) in [5.74, 6) is 0. The van der Waals surface area contributed by atoms with Crippen LogP contribution in [0.15, 0.2) is 158 Å². The lowest BCUT2D eigenvalue weighted by Crippen LogP contribution is -1.98. The zero-order valence-corrected chi connectivity index (χ0v) is 25.3. The van der Waals surface area contributed by atoms with E-state index in [2.05, 4.69) is 171 Å². The van der Waals surface area contributed by atoms with Crippen LogP contribution >= 0.6 is 0 Å². The minimum atomic E-state index is 0.976. The SMILES string of the molecule is c1ccc(-n2c3ccccc3c3c2ccc2c4c(ccc5c6ccccc6n(-c6ccccc6)c54)c4nc5ccccc5n4c23)cc1. The Labute approximate surface area is 268 Å². The van der Waals surface area contributed by atoms with Gasteiger partial charge in [0.05, 0.1) is 38.6 Å². The number of benzene rings is 7. The molecule has 11 aromatic rings. The third kappa shape index (κ3) is 3.19. The Morgan fingerprint density at radius 1 is 0.340 bits per heavy atom. The van der Waals surface area contributed by atoms with Crippen LogP contribution in [0.5, 0.6) is 0 Å². The molecule has 0 unspecified atom stereocenters. The van der Waals surface area contributed by atoms with Crippen molar-refractivity contribution < 1.29 is 0 Å². The smallest absolute Gasteiger partial charge is 0.146 e. The van der Waals surface area contributed by atoms with Crippen molar-refractivity contribution in [3.05, 3.63) is 158 Å². The lowest BCUT2D eigenvalue weighted by atomic mass is 9.99. The molecule has 0 fully saturated rings. The zero-order valence-electron chi connectivity index (χ0n) is 25.3. The van der Waals surface area contributed by atoms with Crippen molar-refractivity contribution in [1.29, 1.82) is 0 Å². The normalized spacial score (nSPS) is 12.3. The van der Waals surface area contributed by atoms with Crippen LogP contribution in [0.2, 0.25) is 0 Å². The maximum Gasteiger partial charge on any atom is 0.146 e. The van der Waals surface area contributed by atoms with Crippen molar-refractivity contribution in [2.75, 3.05) is 0 Å². The van der Waals surface area contributed by atoms with Gasteiger partial charge in [0.1, 0.15) is 5.65 Å². The van der Waals surface area contributed by atoms with Crippen LogP contribution < -0.4 is 0 Å². The molecule has 0 aliphatic heterocycles. The first-order valence-corrected chi connectivity index (χ1v) is 16.1. The summed E-state index contributed by atoms with van der Waals surface area (Å²) in [7, 11) is 0. The Morgan fingerprint density at radius 2 is 0.915 bits per heavy atom. The number of pyridine rings is 1. The Balaban J connectivity index is 1.48. The summed E-state index contributed by atoms with van der Waals surface area (Å²) >= 11 is 0. The van der Waals surface area contributed by atoms with E-state index < -0.39 is 0 Å². The summed E-state index contributed by atoms with van der Waals surface area (Å²) in [6, 6.07) is 56.8. The number of hydrogen-bond donors (Lipinski definition) is 0. The predicted octanol–water partition coefficient (Wildman–Crippen LogP) is 11.0. The van der Waals surface area contributed by atoms with Gasteiger partial charge in [0.25, 0.3) is 0 Å². The maximum atomic E-state index is 5.36. The third-order valence-corrected chi connectivity index (χ3v) is 9.97. The van der Waals surface area contributed by atoms with Gasteiger partial charge in [-0.25, -0.2) is 4.98 Å². The van der Waals surface area contributed by atoms with Crippen molar-refractivity contribution in [2.45, 2.75) is 0 Å². The van der Waals surface area contributed by atoms with Gasteiger partial charge in [-0.05, 0) is 60.7 Å². The standard InChI is InChI=1S/C43H26N4/c1-3-13-27(14-4-1)45-36-21-11-8-18-31(36)40-38(45)26-25-32-39-33(43-44-34-19-9-12-22-37(34)47(43)42(32)40)24-23-30-29-17-7-10-20-35(29)46(41(30)39)28-15-5-2-6-16-28/h1-26H. The summed E-state index contributed by atoms with van der Waals surface area (Å²) in [5, 5.41) is 8.53. The summed E-state index contributed by atoms with van der Waals surface area (Å²) < 4.78 is 7.27. The highest BCUT2D eigenvalue weighted by Gasteiger charge is 2.24. The van der Waals surface area contributed by atoms with Gasteiger partial charge in [-0.1, -0.05) is 97.1 Å². The average Bonchev–Trinajstić information content (AvgIpc) is 3.80. The highest BCUT2D eigenvalue weighted by Crippen LogP contribution is 2.45. The summed E-state index contributed by atoms with van der Waals surface area (Å²) in [6.07, 6.45) is 0. The molecule has 4 nitrogen and oxygen atoms in total. The Bertz CT molecular complexity index is 3050. The maximum absolute atomic E-state index is 5.36. The van der Waals surface area contributed by atoms with E-state index >= 15 is 0 Å². The number of fused-ring (bicyclic) bond motifs is 16. The van der Waals surface area contributed by atoms with Gasteiger partial charge in [0, 0.05) is 49.1 Å². The lowest BCUT2D eigenvalue weighted by molar-refractivity contribution is 1.18. The molecule has 0 aliphatic rings. The van der Waals surface area contributed by atoms with E-state index in [1.807, 2.05) is 0 Å². The average molecular weight is 599 g/mol. The molecule has 0 saturated carbocycles. The number of hydrogen-bond acceptors (Lipinski definition) is 1. The number of rotatable bonds is 2. The molecule has 4 heteroatoms. The fraction of sp³-hybridized carbons (Fsp3) is 0. The Morgan fingerprint density at radius 3 is 1.68 bits per heavy atom. The van der Waals surface area contributed by atoms with Crippen LogP contribution in [0.25, 0.3) is 93.3 Å². The van der Waals surface area contributed by atoms with Gasteiger partial charge in [-0.2, -0.15) is 0 Å². The van der Waals surface area contributed by atoms with Crippen LogP contribution in [-0.2, 0) is 0 Å². The minimum absolute atomic E-state index is 0.976. The fourth-order valence-electron chi connectivity index (χ4n) is 8.13. The summed E-state index contributed by atoms with van der Waals surface area (Å²) in [6.45, 7) is 0. The topological polar surface area (TPSA) is 27.2 Å². The Kier molecular flexibility index (Phi) is 4.81. The van der Waals surface area contributed by atoms with E-state index in [0.717, 1.165) is 33.4 Å². The van der Waals surface area contributed by atoms with E-state index in [4.69, 9.17) is 4.98 Å². The molecule has 0 N–H and O–H groups in total. The molecule has 4 aromatic heterocycles. The second-order valence-electron chi connectivity index (χ2n) is 12.4. The van der Waals surface area contributed by atoms with Crippen LogP contribution in [-0.4, -0.2) is 18.5 Å². The van der Waals surface area contributed by atoms with E-state index in [-0.39, 0.29) is 0 Å². The van der Waals surface area contributed by atoms with Gasteiger partial charge in [0.2, 0.25) is 0 Å². The molecule has 4 heterocycles. The number of para-hydroxylation sites is 6. The number of imidazole rings is 1. The molecule has 0 amide bonds. The lowest BCUT2D eigenvalue weighted by Gasteiger charge is -2.15. The highest BCUT2D eigenvalue weighted by molar-refractivity contribution is 6.32. The summed E-state index contributed by atoms with van der Waals surface area (Å²) in [4.78, 5) is 5.36. The molecule has 0 bridgehead atoms. The first-order chi connectivity index (χ1) is 23.4. The Hall–Kier alpha value is -6.39. The molecule has 11 rings (SSSR count). The van der Waals surface area contributed by atoms with Crippen LogP contribution in [0, 0.1) is 0 Å². The number of nitrogens with zero attached hydrogens (tertiary/aromatic N) is 4.